The fraction of sp³-hybridized carbons (Fsp3) is 0.400. The van der Waals surface area contributed by atoms with Crippen molar-refractivity contribution < 1.29 is 34.3 Å². The second-order valence-corrected chi connectivity index (χ2v) is 5.52. The number of benzene rings is 1. The van der Waals surface area contributed by atoms with E-state index in [2.05, 4.69) is 0 Å². The number of fused-ring (bicyclic) bond motifs is 1. The molecule has 3 rings (SSSR count). The van der Waals surface area contributed by atoms with Gasteiger partial charge in [0, 0.05) is 11.5 Å². The zero-order valence-electron chi connectivity index (χ0n) is 12.4. The topological polar surface area (TPSA) is 156 Å². The normalized spacial score (nSPS) is 30.4. The maximum absolute atomic E-state index is 12.0. The Balaban J connectivity index is 1.90. The number of aromatic hydroxyl groups is 1. The van der Waals surface area contributed by atoms with Crippen LogP contribution in [0.25, 0.3) is 11.0 Å². The molecule has 9 nitrogen and oxygen atoms in total. The van der Waals surface area contributed by atoms with E-state index in [1.54, 1.807) is 0 Å². The zero-order valence-corrected chi connectivity index (χ0v) is 12.4. The fourth-order valence-electron chi connectivity index (χ4n) is 2.50. The van der Waals surface area contributed by atoms with Crippen LogP contribution in [0.1, 0.15) is 0 Å². The Morgan fingerprint density at radius 3 is 2.67 bits per heavy atom. The highest BCUT2D eigenvalue weighted by atomic mass is 16.7. The highest BCUT2D eigenvalue weighted by Crippen LogP contribution is 2.25. The van der Waals surface area contributed by atoms with Crippen molar-refractivity contribution in [1.29, 1.82) is 0 Å². The molecule has 1 unspecified atom stereocenters. The minimum atomic E-state index is -1.40. The van der Waals surface area contributed by atoms with Crippen molar-refractivity contribution >= 4 is 11.0 Å². The van der Waals surface area contributed by atoms with Gasteiger partial charge in [0.1, 0.15) is 29.6 Å². The van der Waals surface area contributed by atoms with Crippen LogP contribution < -0.4 is 16.1 Å². The van der Waals surface area contributed by atoms with E-state index in [9.17, 15) is 25.2 Å². The SMILES string of the molecule is N[C@H]1C(Oc2cc3ccc(O)cc3oc2=O)O[C@H](CO)[C@H](O)[C@@H]1O. The lowest BCUT2D eigenvalue weighted by molar-refractivity contribution is -0.239. The number of aliphatic hydroxyl groups excluding tert-OH is 3. The number of aliphatic hydroxyl groups is 3. The number of phenolic OH excluding ortho intramolecular Hbond substituents is 1. The van der Waals surface area contributed by atoms with Gasteiger partial charge in [-0.25, -0.2) is 4.79 Å². The van der Waals surface area contributed by atoms with Gasteiger partial charge in [-0.1, -0.05) is 0 Å². The number of rotatable bonds is 3. The second-order valence-electron chi connectivity index (χ2n) is 5.52. The molecule has 1 saturated heterocycles. The lowest BCUT2D eigenvalue weighted by atomic mass is 9.98. The first-order chi connectivity index (χ1) is 11.4. The third kappa shape index (κ3) is 2.95. The van der Waals surface area contributed by atoms with Crippen molar-refractivity contribution in [1.82, 2.24) is 0 Å². The number of phenols is 1. The van der Waals surface area contributed by atoms with Gasteiger partial charge in [0.25, 0.3) is 0 Å². The summed E-state index contributed by atoms with van der Waals surface area (Å²) >= 11 is 0. The average molecular weight is 339 g/mol. The van der Waals surface area contributed by atoms with Gasteiger partial charge in [-0.2, -0.15) is 0 Å². The van der Waals surface area contributed by atoms with Gasteiger partial charge in [0.05, 0.1) is 12.6 Å². The minimum absolute atomic E-state index is 0.0557. The van der Waals surface area contributed by atoms with Crippen molar-refractivity contribution in [3.8, 4) is 11.5 Å². The molecule has 1 fully saturated rings. The van der Waals surface area contributed by atoms with Crippen LogP contribution >= 0.6 is 0 Å². The van der Waals surface area contributed by atoms with E-state index in [-0.39, 0.29) is 17.1 Å². The van der Waals surface area contributed by atoms with Crippen LogP contribution in [0.3, 0.4) is 0 Å². The molecule has 1 aromatic carbocycles. The van der Waals surface area contributed by atoms with Crippen LogP contribution in [0.4, 0.5) is 0 Å². The molecule has 5 atom stereocenters. The van der Waals surface area contributed by atoms with Gasteiger partial charge in [-0.15, -0.1) is 0 Å². The summed E-state index contributed by atoms with van der Waals surface area (Å²) in [5.41, 5.74) is 5.10. The van der Waals surface area contributed by atoms with E-state index in [0.717, 1.165) is 0 Å². The lowest BCUT2D eigenvalue weighted by Gasteiger charge is -2.40. The van der Waals surface area contributed by atoms with Crippen LogP contribution in [0.15, 0.2) is 33.5 Å². The maximum Gasteiger partial charge on any atom is 0.379 e. The molecule has 0 bridgehead atoms. The predicted molar refractivity (Wildman–Crippen MR) is 80.5 cm³/mol. The van der Waals surface area contributed by atoms with Gasteiger partial charge in [-0.05, 0) is 18.2 Å². The van der Waals surface area contributed by atoms with Crippen molar-refractivity contribution in [2.75, 3.05) is 6.61 Å². The Morgan fingerprint density at radius 1 is 1.21 bits per heavy atom. The van der Waals surface area contributed by atoms with Crippen molar-refractivity contribution in [2.24, 2.45) is 5.73 Å². The molecule has 6 N–H and O–H groups in total. The molecule has 2 heterocycles. The second kappa shape index (κ2) is 6.38. The summed E-state index contributed by atoms with van der Waals surface area (Å²) in [7, 11) is 0. The van der Waals surface area contributed by atoms with Crippen molar-refractivity contribution in [3.05, 3.63) is 34.7 Å². The molecule has 1 aliphatic rings. The summed E-state index contributed by atoms with van der Waals surface area (Å²) in [6.07, 6.45) is -5.14. The van der Waals surface area contributed by atoms with Crippen LogP contribution in [0.2, 0.25) is 0 Å². The predicted octanol–water partition coefficient (Wildman–Crippen LogP) is -1.36. The zero-order chi connectivity index (χ0) is 17.4. The quantitative estimate of drug-likeness (QED) is 0.426. The molecule has 2 aromatic rings. The Bertz CT molecular complexity index is 789. The van der Waals surface area contributed by atoms with Gasteiger partial charge in [-0.3, -0.25) is 0 Å². The molecular formula is C15H17NO8. The summed E-state index contributed by atoms with van der Waals surface area (Å²) in [6, 6.07) is 4.46. The smallest absolute Gasteiger partial charge is 0.379 e. The highest BCUT2D eigenvalue weighted by molar-refractivity contribution is 5.79. The molecule has 24 heavy (non-hydrogen) atoms. The number of hydrogen-bond donors (Lipinski definition) is 5. The molecule has 0 spiro atoms. The molecule has 1 aromatic heterocycles. The minimum Gasteiger partial charge on any atom is -0.508 e. The Kier molecular flexibility index (Phi) is 4.43. The van der Waals surface area contributed by atoms with E-state index >= 15 is 0 Å². The third-order valence-corrected chi connectivity index (χ3v) is 3.86. The average Bonchev–Trinajstić information content (AvgIpc) is 2.56. The van der Waals surface area contributed by atoms with Crippen LogP contribution in [-0.2, 0) is 4.74 Å². The largest absolute Gasteiger partial charge is 0.508 e. The highest BCUT2D eigenvalue weighted by Gasteiger charge is 2.44. The van der Waals surface area contributed by atoms with Crippen LogP contribution in [-0.4, -0.2) is 57.7 Å². The van der Waals surface area contributed by atoms with E-state index in [4.69, 9.17) is 19.6 Å². The molecule has 9 heteroatoms. The molecule has 0 saturated carbocycles. The summed E-state index contributed by atoms with van der Waals surface area (Å²) in [5, 5.41) is 38.7. The number of hydrogen-bond acceptors (Lipinski definition) is 9. The van der Waals surface area contributed by atoms with Crippen LogP contribution in [0, 0.1) is 0 Å². The summed E-state index contributed by atoms with van der Waals surface area (Å²) in [6.45, 7) is -0.559. The number of nitrogens with two attached hydrogens (primary N) is 1. The molecule has 0 aliphatic carbocycles. The van der Waals surface area contributed by atoms with E-state index in [1.807, 2.05) is 0 Å². The Labute approximate surface area is 135 Å². The first kappa shape index (κ1) is 16.7. The molecule has 130 valence electrons. The van der Waals surface area contributed by atoms with E-state index in [0.29, 0.717) is 5.39 Å². The monoisotopic (exact) mass is 339 g/mol. The Morgan fingerprint density at radius 2 is 1.96 bits per heavy atom. The Hall–Kier alpha value is -2.17. The molecular weight excluding hydrogens is 322 g/mol. The molecule has 1 aliphatic heterocycles. The summed E-state index contributed by atoms with van der Waals surface area (Å²) in [5.74, 6) is -0.270. The van der Waals surface area contributed by atoms with E-state index in [1.165, 1.54) is 24.3 Å². The summed E-state index contributed by atoms with van der Waals surface area (Å²) in [4.78, 5) is 12.0. The molecule has 0 radical (unpaired) electrons. The third-order valence-electron chi connectivity index (χ3n) is 3.86. The lowest BCUT2D eigenvalue weighted by Crippen LogP contribution is -2.63. The molecule has 0 amide bonds. The van der Waals surface area contributed by atoms with Crippen molar-refractivity contribution in [2.45, 2.75) is 30.6 Å². The maximum atomic E-state index is 12.0. The van der Waals surface area contributed by atoms with Gasteiger partial charge < -0.3 is 40.1 Å². The fourth-order valence-corrected chi connectivity index (χ4v) is 2.50. The van der Waals surface area contributed by atoms with Crippen LogP contribution in [0.5, 0.6) is 11.5 Å². The van der Waals surface area contributed by atoms with Gasteiger partial charge in [0.2, 0.25) is 12.0 Å². The number of ether oxygens (including phenoxy) is 2. The van der Waals surface area contributed by atoms with Gasteiger partial charge in [0.15, 0.2) is 0 Å². The summed E-state index contributed by atoms with van der Waals surface area (Å²) < 4.78 is 15.7. The van der Waals surface area contributed by atoms with Gasteiger partial charge >= 0.3 is 5.63 Å². The standard InChI is InChI=1S/C15H17NO8/c16-11-13(20)12(19)10(5-17)24-15(11)23-9-3-6-1-2-7(18)4-8(6)22-14(9)21/h1-4,10-13,15,17-20H,5,16H2/t10-,11-,12+,13-,15?/m1/s1. The first-order valence-electron chi connectivity index (χ1n) is 7.22. The first-order valence-corrected chi connectivity index (χ1v) is 7.22. The van der Waals surface area contributed by atoms with Crippen molar-refractivity contribution in [3.63, 3.8) is 0 Å². The van der Waals surface area contributed by atoms with E-state index < -0.39 is 42.9 Å².